The molecule has 0 radical (unpaired) electrons. The predicted octanol–water partition coefficient (Wildman–Crippen LogP) is -0.131. The molecule has 1 aromatic rings. The van der Waals surface area contributed by atoms with Crippen LogP contribution in [0, 0.1) is 6.92 Å². The van der Waals surface area contributed by atoms with Crippen LogP contribution in [0.4, 0.5) is 11.5 Å². The highest BCUT2D eigenvalue weighted by Crippen LogP contribution is 2.12. The summed E-state index contributed by atoms with van der Waals surface area (Å²) in [6, 6.07) is 1.77. The first-order valence-corrected chi connectivity index (χ1v) is 3.84. The smallest absolute Gasteiger partial charge is 0.236 e. The number of carbonyl (C=O) groups excluding carboxylic acids is 1. The second-order valence-electron chi connectivity index (χ2n) is 2.75. The minimum absolute atomic E-state index is 0.0811. The first-order chi connectivity index (χ1) is 6.09. The number of hydrogen-bond donors (Lipinski definition) is 3. The van der Waals surface area contributed by atoms with E-state index in [-0.39, 0.29) is 6.54 Å². The van der Waals surface area contributed by atoms with E-state index in [1.54, 1.807) is 6.07 Å². The lowest BCUT2D eigenvalue weighted by Gasteiger charge is -2.06. The average Bonchev–Trinajstić information content (AvgIpc) is 2.02. The van der Waals surface area contributed by atoms with E-state index < -0.39 is 5.91 Å². The number of carbonyl (C=O) groups is 1. The van der Waals surface area contributed by atoms with Gasteiger partial charge in [-0.2, -0.15) is 0 Å². The van der Waals surface area contributed by atoms with Crippen molar-refractivity contribution in [1.82, 2.24) is 4.98 Å². The van der Waals surface area contributed by atoms with Crippen LogP contribution in [0.2, 0.25) is 0 Å². The van der Waals surface area contributed by atoms with Gasteiger partial charge >= 0.3 is 0 Å². The van der Waals surface area contributed by atoms with Gasteiger partial charge in [-0.1, -0.05) is 0 Å². The maximum Gasteiger partial charge on any atom is 0.236 e. The molecule has 0 aliphatic heterocycles. The highest BCUT2D eigenvalue weighted by molar-refractivity contribution is 5.78. The Morgan fingerprint density at radius 3 is 2.92 bits per heavy atom. The number of nitrogens with zero attached hydrogens (tertiary/aromatic N) is 1. The summed E-state index contributed by atoms with van der Waals surface area (Å²) in [7, 11) is 0. The highest BCUT2D eigenvalue weighted by atomic mass is 16.1. The summed E-state index contributed by atoms with van der Waals surface area (Å²) in [5.74, 6) is 0.214. The Morgan fingerprint density at radius 1 is 1.69 bits per heavy atom. The number of hydrogen-bond acceptors (Lipinski definition) is 4. The molecule has 0 fully saturated rings. The molecule has 0 aliphatic rings. The predicted molar refractivity (Wildman–Crippen MR) is 51.1 cm³/mol. The number of nitrogens with one attached hydrogen (secondary N) is 1. The highest BCUT2D eigenvalue weighted by Gasteiger charge is 2.00. The first-order valence-electron chi connectivity index (χ1n) is 3.84. The van der Waals surface area contributed by atoms with Crippen molar-refractivity contribution in [3.8, 4) is 0 Å². The molecule has 0 spiro atoms. The molecule has 5 N–H and O–H groups in total. The summed E-state index contributed by atoms with van der Waals surface area (Å²) in [6.45, 7) is 1.93. The second-order valence-corrected chi connectivity index (χ2v) is 2.75. The first kappa shape index (κ1) is 9.31. The third-order valence-corrected chi connectivity index (χ3v) is 1.53. The Kier molecular flexibility index (Phi) is 2.69. The number of nitrogen functional groups attached to an aromatic ring is 1. The normalized spacial score (nSPS) is 9.62. The Labute approximate surface area is 76.1 Å². The Bertz CT molecular complexity index is 324. The molecular weight excluding hydrogens is 168 g/mol. The summed E-state index contributed by atoms with van der Waals surface area (Å²) in [5, 5.41) is 2.80. The summed E-state index contributed by atoms with van der Waals surface area (Å²) < 4.78 is 0. The summed E-state index contributed by atoms with van der Waals surface area (Å²) in [5.41, 5.74) is 12.0. The molecule has 1 aromatic heterocycles. The summed E-state index contributed by atoms with van der Waals surface area (Å²) >= 11 is 0. The zero-order valence-electron chi connectivity index (χ0n) is 7.37. The standard InChI is InChI=1S/C8H12N4O/c1-5-2-6(9)3-11-8(5)12-4-7(10)13/h2-3H,4,9H2,1H3,(H2,10,13)(H,11,12). The topological polar surface area (TPSA) is 94.0 Å². The molecular formula is C8H12N4O. The zero-order valence-corrected chi connectivity index (χ0v) is 7.37. The third kappa shape index (κ3) is 2.62. The van der Waals surface area contributed by atoms with Crippen LogP contribution in [-0.4, -0.2) is 17.4 Å². The van der Waals surface area contributed by atoms with Gasteiger partial charge in [-0.15, -0.1) is 0 Å². The van der Waals surface area contributed by atoms with Crippen LogP contribution in [0.25, 0.3) is 0 Å². The Balaban J connectivity index is 2.72. The SMILES string of the molecule is Cc1cc(N)cnc1NCC(N)=O. The van der Waals surface area contributed by atoms with Gasteiger partial charge in [-0.05, 0) is 18.6 Å². The molecule has 1 heterocycles. The van der Waals surface area contributed by atoms with Gasteiger partial charge in [0.25, 0.3) is 0 Å². The minimum atomic E-state index is -0.418. The fourth-order valence-corrected chi connectivity index (χ4v) is 0.952. The van der Waals surface area contributed by atoms with Gasteiger partial charge in [-0.25, -0.2) is 4.98 Å². The van der Waals surface area contributed by atoms with Gasteiger partial charge in [0.2, 0.25) is 5.91 Å². The van der Waals surface area contributed by atoms with Crippen molar-refractivity contribution in [2.45, 2.75) is 6.92 Å². The van der Waals surface area contributed by atoms with E-state index in [9.17, 15) is 4.79 Å². The number of aryl methyl sites for hydroxylation is 1. The number of primary amides is 1. The van der Waals surface area contributed by atoms with Crippen molar-refractivity contribution >= 4 is 17.4 Å². The van der Waals surface area contributed by atoms with E-state index in [0.29, 0.717) is 11.5 Å². The van der Waals surface area contributed by atoms with E-state index in [1.165, 1.54) is 6.20 Å². The molecule has 1 amide bonds. The molecule has 13 heavy (non-hydrogen) atoms. The van der Waals surface area contributed by atoms with Crippen LogP contribution in [0.15, 0.2) is 12.3 Å². The number of anilines is 2. The molecule has 0 saturated carbocycles. The van der Waals surface area contributed by atoms with Crippen LogP contribution in [0.3, 0.4) is 0 Å². The van der Waals surface area contributed by atoms with Crippen LogP contribution in [0.1, 0.15) is 5.56 Å². The molecule has 0 bridgehead atoms. The van der Waals surface area contributed by atoms with E-state index in [0.717, 1.165) is 5.56 Å². The van der Waals surface area contributed by atoms with Crippen molar-refractivity contribution in [2.24, 2.45) is 5.73 Å². The molecule has 1 rings (SSSR count). The van der Waals surface area contributed by atoms with Crippen LogP contribution in [-0.2, 0) is 4.79 Å². The molecule has 5 heteroatoms. The molecule has 0 atom stereocenters. The zero-order chi connectivity index (χ0) is 9.84. The van der Waals surface area contributed by atoms with Crippen LogP contribution >= 0.6 is 0 Å². The van der Waals surface area contributed by atoms with Crippen LogP contribution in [0.5, 0.6) is 0 Å². The number of nitrogens with two attached hydrogens (primary N) is 2. The monoisotopic (exact) mass is 180 g/mol. The Hall–Kier alpha value is -1.78. The third-order valence-electron chi connectivity index (χ3n) is 1.53. The maximum absolute atomic E-state index is 10.5. The number of pyridine rings is 1. The summed E-state index contributed by atoms with van der Waals surface area (Å²) in [6.07, 6.45) is 1.52. The van der Waals surface area contributed by atoms with Gasteiger partial charge in [0.1, 0.15) is 5.82 Å². The minimum Gasteiger partial charge on any atom is -0.397 e. The number of rotatable bonds is 3. The van der Waals surface area contributed by atoms with E-state index >= 15 is 0 Å². The van der Waals surface area contributed by atoms with Gasteiger partial charge in [0, 0.05) is 0 Å². The van der Waals surface area contributed by atoms with Crippen molar-refractivity contribution in [3.05, 3.63) is 17.8 Å². The maximum atomic E-state index is 10.5. The molecule has 70 valence electrons. The van der Waals surface area contributed by atoms with Crippen molar-refractivity contribution < 1.29 is 4.79 Å². The lowest BCUT2D eigenvalue weighted by Crippen LogP contribution is -2.22. The lowest BCUT2D eigenvalue weighted by atomic mass is 10.2. The molecule has 0 saturated heterocycles. The van der Waals surface area contributed by atoms with E-state index in [1.807, 2.05) is 6.92 Å². The van der Waals surface area contributed by atoms with Crippen LogP contribution < -0.4 is 16.8 Å². The molecule has 0 aliphatic carbocycles. The lowest BCUT2D eigenvalue weighted by molar-refractivity contribution is -0.116. The molecule has 0 unspecified atom stereocenters. The molecule has 0 aromatic carbocycles. The fraction of sp³-hybridized carbons (Fsp3) is 0.250. The second kappa shape index (κ2) is 3.75. The van der Waals surface area contributed by atoms with E-state index in [4.69, 9.17) is 11.5 Å². The van der Waals surface area contributed by atoms with Gasteiger partial charge in [-0.3, -0.25) is 4.79 Å². The Morgan fingerprint density at radius 2 is 2.38 bits per heavy atom. The fourth-order valence-electron chi connectivity index (χ4n) is 0.952. The quantitative estimate of drug-likeness (QED) is 0.604. The number of aromatic nitrogens is 1. The van der Waals surface area contributed by atoms with Crippen molar-refractivity contribution in [2.75, 3.05) is 17.6 Å². The van der Waals surface area contributed by atoms with Gasteiger partial charge in [0.05, 0.1) is 18.4 Å². The van der Waals surface area contributed by atoms with Gasteiger partial charge in [0.15, 0.2) is 0 Å². The average molecular weight is 180 g/mol. The molecule has 5 nitrogen and oxygen atoms in total. The van der Waals surface area contributed by atoms with Crippen molar-refractivity contribution in [3.63, 3.8) is 0 Å². The largest absolute Gasteiger partial charge is 0.397 e. The van der Waals surface area contributed by atoms with Gasteiger partial charge < -0.3 is 16.8 Å². The van der Waals surface area contributed by atoms with E-state index in [2.05, 4.69) is 10.3 Å². The van der Waals surface area contributed by atoms with Crippen molar-refractivity contribution in [1.29, 1.82) is 0 Å². The number of amides is 1. The summed E-state index contributed by atoms with van der Waals surface area (Å²) in [4.78, 5) is 14.5.